The highest BCUT2D eigenvalue weighted by Crippen LogP contribution is 2.47. The Morgan fingerprint density at radius 1 is 1.12 bits per heavy atom. The molecule has 33 heavy (non-hydrogen) atoms. The molecule has 1 aliphatic rings. The van der Waals surface area contributed by atoms with Gasteiger partial charge >= 0.3 is 11.8 Å². The van der Waals surface area contributed by atoms with Crippen molar-refractivity contribution < 1.29 is 22.7 Å². The minimum Gasteiger partial charge on any atom is -0.507 e. The van der Waals surface area contributed by atoms with Crippen LogP contribution in [0.25, 0.3) is 0 Å². The van der Waals surface area contributed by atoms with E-state index in [0.29, 0.717) is 10.8 Å². The summed E-state index contributed by atoms with van der Waals surface area (Å²) in [6.07, 6.45) is -4.30. The second-order valence-corrected chi connectivity index (χ2v) is 9.52. The number of aromatic hydroxyl groups is 1. The Kier molecular flexibility index (Phi) is 6.14. The van der Waals surface area contributed by atoms with Crippen molar-refractivity contribution in [1.82, 2.24) is 0 Å². The Hall–Kier alpha value is -3.00. The molecule has 8 heteroatoms. The van der Waals surface area contributed by atoms with Gasteiger partial charge in [-0.15, -0.1) is 11.8 Å². The van der Waals surface area contributed by atoms with Gasteiger partial charge in [-0.3, -0.25) is 4.99 Å². The highest BCUT2D eigenvalue weighted by molar-refractivity contribution is 7.99. The van der Waals surface area contributed by atoms with Gasteiger partial charge in [-0.25, -0.2) is 4.79 Å². The number of rotatable bonds is 3. The van der Waals surface area contributed by atoms with Gasteiger partial charge in [-0.1, -0.05) is 38.1 Å². The van der Waals surface area contributed by atoms with Crippen molar-refractivity contribution in [1.29, 1.82) is 0 Å². The molecule has 2 aromatic carbocycles. The van der Waals surface area contributed by atoms with Gasteiger partial charge in [0.15, 0.2) is 0 Å². The Labute approximate surface area is 193 Å². The highest BCUT2D eigenvalue weighted by Gasteiger charge is 2.33. The Morgan fingerprint density at radius 2 is 1.82 bits per heavy atom. The molecule has 1 N–H and O–H groups in total. The molecular formula is C25H22F3NO3S. The van der Waals surface area contributed by atoms with E-state index in [9.17, 15) is 23.1 Å². The molecule has 2 heterocycles. The second kappa shape index (κ2) is 8.74. The average molecular weight is 474 g/mol. The monoisotopic (exact) mass is 473 g/mol. The topological polar surface area (TPSA) is 62.8 Å². The number of hydrogen-bond donors (Lipinski definition) is 1. The first-order valence-corrected chi connectivity index (χ1v) is 11.3. The summed E-state index contributed by atoms with van der Waals surface area (Å²) < 4.78 is 45.2. The van der Waals surface area contributed by atoms with Crippen molar-refractivity contribution in [3.8, 4) is 5.75 Å². The number of fused-ring (bicyclic) bond motifs is 1. The largest absolute Gasteiger partial charge is 0.507 e. The zero-order valence-electron chi connectivity index (χ0n) is 18.2. The van der Waals surface area contributed by atoms with Gasteiger partial charge in [-0.05, 0) is 42.2 Å². The zero-order chi connectivity index (χ0) is 23.9. The van der Waals surface area contributed by atoms with Gasteiger partial charge in [-0.2, -0.15) is 13.2 Å². The molecule has 172 valence electrons. The summed E-state index contributed by atoms with van der Waals surface area (Å²) in [6.45, 7) is 5.71. The third-order valence-corrected chi connectivity index (χ3v) is 6.83. The van der Waals surface area contributed by atoms with Crippen LogP contribution in [-0.4, -0.2) is 10.8 Å². The standard InChI is InChI=1S/C25H22F3NO3S/c1-13(2)15-4-6-16(7-5-15)22-12-19(23-20(30)10-14(3)32-24(23)31)29-18-11-17(25(26,27)28)8-9-21(18)33-22/h4-11,13,22,30H,12H2,1-3H3. The first-order chi connectivity index (χ1) is 15.5. The van der Waals surface area contributed by atoms with E-state index in [1.165, 1.54) is 36.4 Å². The van der Waals surface area contributed by atoms with Gasteiger partial charge in [0, 0.05) is 22.6 Å². The minimum atomic E-state index is -4.53. The van der Waals surface area contributed by atoms with Crippen molar-refractivity contribution in [2.24, 2.45) is 4.99 Å². The number of aliphatic imine (C=N–C) groups is 1. The van der Waals surface area contributed by atoms with Crippen LogP contribution >= 0.6 is 11.8 Å². The summed E-state index contributed by atoms with van der Waals surface area (Å²) in [6, 6.07) is 12.7. The molecule has 1 unspecified atom stereocenters. The predicted molar refractivity (Wildman–Crippen MR) is 123 cm³/mol. The average Bonchev–Trinajstić information content (AvgIpc) is 2.91. The number of thioether (sulfide) groups is 1. The smallest absolute Gasteiger partial charge is 0.416 e. The van der Waals surface area contributed by atoms with Gasteiger partial charge in [0.05, 0.1) is 17.0 Å². The Bertz CT molecular complexity index is 1280. The molecule has 0 fully saturated rings. The Balaban J connectivity index is 1.87. The zero-order valence-corrected chi connectivity index (χ0v) is 19.1. The van der Waals surface area contributed by atoms with Crippen LogP contribution in [0.3, 0.4) is 0 Å². The van der Waals surface area contributed by atoms with Gasteiger partial charge < -0.3 is 9.52 Å². The van der Waals surface area contributed by atoms with Crippen molar-refractivity contribution in [2.45, 2.75) is 49.4 Å². The van der Waals surface area contributed by atoms with Crippen molar-refractivity contribution in [3.63, 3.8) is 0 Å². The van der Waals surface area contributed by atoms with Crippen LogP contribution in [0, 0.1) is 6.92 Å². The molecule has 0 saturated heterocycles. The number of benzene rings is 2. The number of halogens is 3. The van der Waals surface area contributed by atoms with Crippen LogP contribution in [0.2, 0.25) is 0 Å². The maximum Gasteiger partial charge on any atom is 0.416 e. The van der Waals surface area contributed by atoms with E-state index in [1.807, 2.05) is 24.3 Å². The van der Waals surface area contributed by atoms with Crippen LogP contribution in [0.5, 0.6) is 5.75 Å². The lowest BCUT2D eigenvalue weighted by atomic mass is 9.98. The van der Waals surface area contributed by atoms with E-state index < -0.39 is 17.4 Å². The number of hydrogen-bond acceptors (Lipinski definition) is 5. The third kappa shape index (κ3) is 4.85. The molecule has 1 atom stereocenters. The summed E-state index contributed by atoms with van der Waals surface area (Å²) in [5.74, 6) is 0.274. The van der Waals surface area contributed by atoms with Crippen LogP contribution in [-0.2, 0) is 6.18 Å². The summed E-state index contributed by atoms with van der Waals surface area (Å²) in [5, 5.41) is 10.2. The number of nitrogens with zero attached hydrogens (tertiary/aromatic N) is 1. The SMILES string of the molecule is Cc1cc(O)c(C2=Nc3cc(C(F)(F)F)ccc3SC(c3ccc(C(C)C)cc3)C2)c(=O)o1. The van der Waals surface area contributed by atoms with E-state index in [4.69, 9.17) is 4.42 Å². The van der Waals surface area contributed by atoms with E-state index in [2.05, 4.69) is 18.8 Å². The Morgan fingerprint density at radius 3 is 2.42 bits per heavy atom. The fraction of sp³-hybridized carbons (Fsp3) is 0.280. The van der Waals surface area contributed by atoms with Crippen LogP contribution < -0.4 is 5.63 Å². The minimum absolute atomic E-state index is 0.102. The van der Waals surface area contributed by atoms with E-state index in [0.717, 1.165) is 17.7 Å². The van der Waals surface area contributed by atoms with Crippen molar-refractivity contribution in [3.05, 3.63) is 87.0 Å². The molecule has 0 radical (unpaired) electrons. The van der Waals surface area contributed by atoms with Gasteiger partial charge in [0.25, 0.3) is 0 Å². The molecule has 0 spiro atoms. The second-order valence-electron chi connectivity index (χ2n) is 8.28. The molecule has 0 bridgehead atoms. The molecule has 1 aliphatic heterocycles. The first kappa shape index (κ1) is 23.2. The lowest BCUT2D eigenvalue weighted by molar-refractivity contribution is -0.137. The molecule has 0 aliphatic carbocycles. The number of aryl methyl sites for hydroxylation is 1. The molecule has 1 aromatic heterocycles. The van der Waals surface area contributed by atoms with E-state index >= 15 is 0 Å². The molecule has 0 amide bonds. The maximum atomic E-state index is 13.3. The van der Waals surface area contributed by atoms with Crippen LogP contribution in [0.4, 0.5) is 18.9 Å². The molecule has 4 rings (SSSR count). The molecule has 0 saturated carbocycles. The molecule has 3 aromatic rings. The maximum absolute atomic E-state index is 13.3. The quantitative estimate of drug-likeness (QED) is 0.439. The van der Waals surface area contributed by atoms with Crippen LogP contribution in [0.1, 0.15) is 59.5 Å². The summed E-state index contributed by atoms with van der Waals surface area (Å²) in [4.78, 5) is 17.6. The summed E-state index contributed by atoms with van der Waals surface area (Å²) in [7, 11) is 0. The normalized spacial score (nSPS) is 16.3. The summed E-state index contributed by atoms with van der Waals surface area (Å²) in [5.41, 5.74) is 0.662. The van der Waals surface area contributed by atoms with Gasteiger partial charge in [0.2, 0.25) is 0 Å². The van der Waals surface area contributed by atoms with Crippen molar-refractivity contribution >= 4 is 23.2 Å². The predicted octanol–water partition coefficient (Wildman–Crippen LogP) is 7.15. The highest BCUT2D eigenvalue weighted by atomic mass is 32.2. The fourth-order valence-electron chi connectivity index (χ4n) is 3.74. The lowest BCUT2D eigenvalue weighted by Crippen LogP contribution is -2.17. The first-order valence-electron chi connectivity index (χ1n) is 10.4. The van der Waals surface area contributed by atoms with Crippen LogP contribution in [0.15, 0.2) is 67.6 Å². The van der Waals surface area contributed by atoms with E-state index in [1.54, 1.807) is 0 Å². The van der Waals surface area contributed by atoms with Crippen molar-refractivity contribution in [2.75, 3.05) is 0 Å². The molecular weight excluding hydrogens is 451 g/mol. The van der Waals surface area contributed by atoms with Gasteiger partial charge in [0.1, 0.15) is 17.1 Å². The fourth-order valence-corrected chi connectivity index (χ4v) is 4.96. The summed E-state index contributed by atoms with van der Waals surface area (Å²) >= 11 is 1.38. The molecule has 4 nitrogen and oxygen atoms in total. The number of alkyl halides is 3. The lowest BCUT2D eigenvalue weighted by Gasteiger charge is -2.17. The van der Waals surface area contributed by atoms with E-state index in [-0.39, 0.29) is 40.1 Å². The third-order valence-electron chi connectivity index (χ3n) is 5.51.